The summed E-state index contributed by atoms with van der Waals surface area (Å²) in [5.41, 5.74) is 0.332. The highest BCUT2D eigenvalue weighted by atomic mass is 35.5. The molecule has 0 aromatic heterocycles. The minimum atomic E-state index is -0.672. The Balaban J connectivity index is 2.68. The van der Waals surface area contributed by atoms with E-state index in [2.05, 4.69) is 12.2 Å². The van der Waals surface area contributed by atoms with Crippen molar-refractivity contribution < 1.29 is 14.3 Å². The Kier molecular flexibility index (Phi) is 6.52. The molecule has 0 heterocycles. The molecule has 20 heavy (non-hydrogen) atoms. The lowest BCUT2D eigenvalue weighted by atomic mass is 10.2. The van der Waals surface area contributed by atoms with Crippen LogP contribution in [0.15, 0.2) is 18.2 Å². The summed E-state index contributed by atoms with van der Waals surface area (Å²) in [6.07, 6.45) is 1.91. The standard InChI is InChI=1S/C15H20ClNO3/c1-4-5-10(2)17-15(19)11(3)20-14-7-6-13(16)8-12(14)9-18/h6-11H,4-5H2,1-3H3,(H,17,19). The fourth-order valence-electron chi connectivity index (χ4n) is 1.83. The number of ether oxygens (including phenoxy) is 1. The molecule has 5 heteroatoms. The number of benzene rings is 1. The maximum absolute atomic E-state index is 11.9. The largest absolute Gasteiger partial charge is 0.480 e. The highest BCUT2D eigenvalue weighted by Gasteiger charge is 2.18. The number of carbonyl (C=O) groups is 2. The normalized spacial score (nSPS) is 13.4. The van der Waals surface area contributed by atoms with Gasteiger partial charge in [-0.3, -0.25) is 9.59 Å². The van der Waals surface area contributed by atoms with E-state index in [4.69, 9.17) is 16.3 Å². The highest BCUT2D eigenvalue weighted by molar-refractivity contribution is 6.30. The zero-order chi connectivity index (χ0) is 15.1. The first-order chi connectivity index (χ1) is 9.47. The Hall–Kier alpha value is -1.55. The van der Waals surface area contributed by atoms with Gasteiger partial charge < -0.3 is 10.1 Å². The fraction of sp³-hybridized carbons (Fsp3) is 0.467. The first kappa shape index (κ1) is 16.5. The van der Waals surface area contributed by atoms with Gasteiger partial charge in [0.05, 0.1) is 5.56 Å². The van der Waals surface area contributed by atoms with Gasteiger partial charge in [0.2, 0.25) is 0 Å². The summed E-state index contributed by atoms with van der Waals surface area (Å²) in [5.74, 6) is 0.160. The maximum atomic E-state index is 11.9. The van der Waals surface area contributed by atoms with Crippen molar-refractivity contribution in [2.24, 2.45) is 0 Å². The second-order valence-corrected chi connectivity index (χ2v) is 5.19. The van der Waals surface area contributed by atoms with Gasteiger partial charge in [0.25, 0.3) is 5.91 Å². The molecule has 0 saturated carbocycles. The van der Waals surface area contributed by atoms with Crippen molar-refractivity contribution in [2.45, 2.75) is 45.8 Å². The monoisotopic (exact) mass is 297 g/mol. The van der Waals surface area contributed by atoms with Crippen LogP contribution in [0, 0.1) is 0 Å². The minimum absolute atomic E-state index is 0.106. The number of carbonyl (C=O) groups excluding carboxylic acids is 2. The lowest BCUT2D eigenvalue weighted by Gasteiger charge is -2.19. The van der Waals surface area contributed by atoms with E-state index in [1.54, 1.807) is 19.1 Å². The maximum Gasteiger partial charge on any atom is 0.260 e. The number of hydrogen-bond acceptors (Lipinski definition) is 3. The average molecular weight is 298 g/mol. The average Bonchev–Trinajstić information content (AvgIpc) is 2.40. The van der Waals surface area contributed by atoms with Gasteiger partial charge in [0, 0.05) is 11.1 Å². The number of hydrogen-bond donors (Lipinski definition) is 1. The molecule has 2 unspecified atom stereocenters. The van der Waals surface area contributed by atoms with E-state index >= 15 is 0 Å². The second kappa shape index (κ2) is 7.90. The zero-order valence-corrected chi connectivity index (χ0v) is 12.7. The summed E-state index contributed by atoms with van der Waals surface area (Å²) in [6.45, 7) is 5.66. The molecule has 2 atom stereocenters. The predicted octanol–water partition coefficient (Wildman–Crippen LogP) is 3.22. The van der Waals surface area contributed by atoms with Crippen molar-refractivity contribution in [3.8, 4) is 5.75 Å². The van der Waals surface area contributed by atoms with Crippen molar-refractivity contribution >= 4 is 23.8 Å². The highest BCUT2D eigenvalue weighted by Crippen LogP contribution is 2.22. The van der Waals surface area contributed by atoms with Crippen LogP contribution in [0.3, 0.4) is 0 Å². The predicted molar refractivity (Wildman–Crippen MR) is 79.4 cm³/mol. The van der Waals surface area contributed by atoms with Gasteiger partial charge in [-0.05, 0) is 38.5 Å². The molecule has 0 aliphatic carbocycles. The molecule has 1 amide bonds. The van der Waals surface area contributed by atoms with Gasteiger partial charge in [0.15, 0.2) is 12.4 Å². The molecule has 110 valence electrons. The molecule has 0 spiro atoms. The van der Waals surface area contributed by atoms with E-state index in [0.717, 1.165) is 12.8 Å². The third-order valence-electron chi connectivity index (χ3n) is 2.88. The van der Waals surface area contributed by atoms with E-state index in [1.807, 2.05) is 6.92 Å². The van der Waals surface area contributed by atoms with Gasteiger partial charge in [0.1, 0.15) is 5.75 Å². The lowest BCUT2D eigenvalue weighted by Crippen LogP contribution is -2.41. The number of aldehydes is 1. The molecule has 0 saturated heterocycles. The Morgan fingerprint density at radius 3 is 2.75 bits per heavy atom. The molecule has 1 N–H and O–H groups in total. The number of rotatable bonds is 7. The van der Waals surface area contributed by atoms with Crippen molar-refractivity contribution in [3.63, 3.8) is 0 Å². The van der Waals surface area contributed by atoms with Crippen molar-refractivity contribution in [1.82, 2.24) is 5.32 Å². The van der Waals surface area contributed by atoms with Crippen LogP contribution in [0.25, 0.3) is 0 Å². The van der Waals surface area contributed by atoms with Gasteiger partial charge in [-0.1, -0.05) is 24.9 Å². The third-order valence-corrected chi connectivity index (χ3v) is 3.12. The van der Waals surface area contributed by atoms with Crippen molar-refractivity contribution in [3.05, 3.63) is 28.8 Å². The van der Waals surface area contributed by atoms with Crippen molar-refractivity contribution in [1.29, 1.82) is 0 Å². The molecule has 1 aromatic rings. The van der Waals surface area contributed by atoms with Crippen LogP contribution in [0.2, 0.25) is 5.02 Å². The van der Waals surface area contributed by atoms with Crippen LogP contribution in [0.1, 0.15) is 44.0 Å². The number of halogens is 1. The summed E-state index contributed by atoms with van der Waals surface area (Å²) in [4.78, 5) is 22.9. The van der Waals surface area contributed by atoms with Crippen molar-refractivity contribution in [2.75, 3.05) is 0 Å². The molecule has 0 aliphatic rings. The summed E-state index contributed by atoms with van der Waals surface area (Å²) < 4.78 is 5.53. The second-order valence-electron chi connectivity index (χ2n) is 4.76. The zero-order valence-electron chi connectivity index (χ0n) is 12.0. The number of nitrogens with one attached hydrogen (secondary N) is 1. The number of amides is 1. The minimum Gasteiger partial charge on any atom is -0.480 e. The Labute approximate surface area is 124 Å². The molecule has 0 aliphatic heterocycles. The topological polar surface area (TPSA) is 55.4 Å². The molecule has 0 bridgehead atoms. The van der Waals surface area contributed by atoms with Gasteiger partial charge in [-0.2, -0.15) is 0 Å². The van der Waals surface area contributed by atoms with E-state index in [1.165, 1.54) is 6.07 Å². The first-order valence-electron chi connectivity index (χ1n) is 6.69. The van der Waals surface area contributed by atoms with E-state index in [0.29, 0.717) is 22.6 Å². The smallest absolute Gasteiger partial charge is 0.260 e. The quantitative estimate of drug-likeness (QED) is 0.786. The molecular weight excluding hydrogens is 278 g/mol. The summed E-state index contributed by atoms with van der Waals surface area (Å²) in [5, 5.41) is 3.32. The van der Waals surface area contributed by atoms with Crippen LogP contribution in [-0.2, 0) is 4.79 Å². The van der Waals surface area contributed by atoms with Crippen LogP contribution in [0.4, 0.5) is 0 Å². The van der Waals surface area contributed by atoms with E-state index in [-0.39, 0.29) is 11.9 Å². The molecule has 0 radical (unpaired) electrons. The van der Waals surface area contributed by atoms with Crippen LogP contribution < -0.4 is 10.1 Å². The SMILES string of the molecule is CCCC(C)NC(=O)C(C)Oc1ccc(Cl)cc1C=O. The lowest BCUT2D eigenvalue weighted by molar-refractivity contribution is -0.127. The molecular formula is C15H20ClNO3. The summed E-state index contributed by atoms with van der Waals surface area (Å²) in [6, 6.07) is 4.82. The Morgan fingerprint density at radius 2 is 2.15 bits per heavy atom. The fourth-order valence-corrected chi connectivity index (χ4v) is 2.01. The summed E-state index contributed by atoms with van der Waals surface area (Å²) >= 11 is 5.80. The molecule has 1 rings (SSSR count). The first-order valence-corrected chi connectivity index (χ1v) is 7.07. The molecule has 1 aromatic carbocycles. The van der Waals surface area contributed by atoms with Crippen LogP contribution in [0.5, 0.6) is 5.75 Å². The Bertz CT molecular complexity index is 476. The van der Waals surface area contributed by atoms with Gasteiger partial charge in [-0.25, -0.2) is 0 Å². The Morgan fingerprint density at radius 1 is 1.45 bits per heavy atom. The van der Waals surface area contributed by atoms with Gasteiger partial charge >= 0.3 is 0 Å². The van der Waals surface area contributed by atoms with E-state index in [9.17, 15) is 9.59 Å². The van der Waals surface area contributed by atoms with Crippen LogP contribution in [-0.4, -0.2) is 24.3 Å². The molecule has 0 fully saturated rings. The summed E-state index contributed by atoms with van der Waals surface area (Å²) in [7, 11) is 0. The third kappa shape index (κ3) is 4.85. The molecule has 4 nitrogen and oxygen atoms in total. The van der Waals surface area contributed by atoms with E-state index < -0.39 is 6.10 Å². The van der Waals surface area contributed by atoms with Crippen LogP contribution >= 0.6 is 11.6 Å². The van der Waals surface area contributed by atoms with Gasteiger partial charge in [-0.15, -0.1) is 0 Å².